The maximum Gasteiger partial charge on any atom is 0.397 e. The molecule has 4 aliphatic carbocycles. The minimum absolute atomic E-state index is 0.139. The summed E-state index contributed by atoms with van der Waals surface area (Å²) >= 11 is 0. The molecule has 0 heterocycles. The number of allylic oxidation sites excluding steroid dienone is 1. The van der Waals surface area contributed by atoms with Gasteiger partial charge < -0.3 is 5.11 Å². The Hall–Kier alpha value is -0.430. The van der Waals surface area contributed by atoms with Crippen LogP contribution in [0.2, 0.25) is 0 Å². The summed E-state index contributed by atoms with van der Waals surface area (Å²) in [5.41, 5.74) is 1.36. The lowest BCUT2D eigenvalue weighted by Crippen LogP contribution is -2.51. The van der Waals surface area contributed by atoms with Gasteiger partial charge in [-0.2, -0.15) is 8.42 Å². The number of aliphatic hydroxyl groups is 1. The Morgan fingerprint density at radius 2 is 1.88 bits per heavy atom. The van der Waals surface area contributed by atoms with Crippen LogP contribution in [0.1, 0.15) is 105 Å². The highest BCUT2D eigenvalue weighted by Gasteiger charge is 2.59. The molecule has 8 atom stereocenters. The van der Waals surface area contributed by atoms with Gasteiger partial charge in [0.2, 0.25) is 0 Å². The summed E-state index contributed by atoms with van der Waals surface area (Å²) in [5.74, 6) is 3.66. The molecule has 0 aromatic heterocycles. The fourth-order valence-corrected chi connectivity index (χ4v) is 9.42. The molecule has 5 nitrogen and oxygen atoms in total. The summed E-state index contributed by atoms with van der Waals surface area (Å²) in [7, 11) is -4.40. The van der Waals surface area contributed by atoms with Gasteiger partial charge in [-0.3, -0.25) is 4.55 Å². The zero-order valence-corrected chi connectivity index (χ0v) is 22.2. The maximum absolute atomic E-state index is 11.2. The van der Waals surface area contributed by atoms with Gasteiger partial charge in [-0.05, 0) is 112 Å². The molecule has 33 heavy (non-hydrogen) atoms. The van der Waals surface area contributed by atoms with Gasteiger partial charge in [0.05, 0.1) is 11.7 Å². The van der Waals surface area contributed by atoms with Gasteiger partial charge in [0.1, 0.15) is 0 Å². The molecule has 0 spiro atoms. The topological polar surface area (TPSA) is 83.8 Å². The van der Waals surface area contributed by atoms with E-state index >= 15 is 0 Å². The molecule has 0 amide bonds. The van der Waals surface area contributed by atoms with Gasteiger partial charge in [-0.1, -0.05) is 45.3 Å². The normalized spacial score (nSPS) is 42.2. The molecule has 3 fully saturated rings. The Morgan fingerprint density at radius 3 is 2.55 bits per heavy atom. The van der Waals surface area contributed by atoms with Crippen LogP contribution < -0.4 is 0 Å². The van der Waals surface area contributed by atoms with E-state index in [1.165, 1.54) is 37.7 Å². The molecule has 190 valence electrons. The van der Waals surface area contributed by atoms with E-state index in [1.807, 2.05) is 13.8 Å². The summed E-state index contributed by atoms with van der Waals surface area (Å²) in [4.78, 5) is 0. The van der Waals surface area contributed by atoms with E-state index in [0.717, 1.165) is 43.4 Å². The van der Waals surface area contributed by atoms with E-state index in [2.05, 4.69) is 26.8 Å². The molecule has 0 aliphatic heterocycles. The van der Waals surface area contributed by atoms with Crippen LogP contribution in [0.15, 0.2) is 11.6 Å². The van der Waals surface area contributed by atoms with Crippen molar-refractivity contribution in [1.82, 2.24) is 0 Å². The van der Waals surface area contributed by atoms with Gasteiger partial charge in [0, 0.05) is 0 Å². The van der Waals surface area contributed by atoms with Crippen LogP contribution in [-0.2, 0) is 14.6 Å². The van der Waals surface area contributed by atoms with Gasteiger partial charge in [-0.25, -0.2) is 4.18 Å². The monoisotopic (exact) mass is 482 g/mol. The molecule has 0 aromatic carbocycles. The number of hydrogen-bond acceptors (Lipinski definition) is 4. The summed E-state index contributed by atoms with van der Waals surface area (Å²) in [6.07, 6.45) is 13.8. The third-order valence-electron chi connectivity index (χ3n) is 10.5. The highest BCUT2D eigenvalue weighted by atomic mass is 32.3. The lowest BCUT2D eigenvalue weighted by Gasteiger charge is -2.58. The highest BCUT2D eigenvalue weighted by Crippen LogP contribution is 2.67. The molecule has 3 saturated carbocycles. The van der Waals surface area contributed by atoms with Crippen molar-refractivity contribution >= 4 is 10.4 Å². The van der Waals surface area contributed by atoms with Crippen LogP contribution >= 0.6 is 0 Å². The first-order valence-electron chi connectivity index (χ1n) is 13.3. The van der Waals surface area contributed by atoms with Gasteiger partial charge in [0.25, 0.3) is 0 Å². The second-order valence-corrected chi connectivity index (χ2v) is 14.1. The van der Waals surface area contributed by atoms with Crippen LogP contribution in [-0.4, -0.2) is 29.8 Å². The Labute approximate surface area is 201 Å². The second-order valence-electron chi connectivity index (χ2n) is 13.1. The lowest BCUT2D eigenvalue weighted by atomic mass is 9.47. The Bertz CT molecular complexity index is 858. The zero-order valence-electron chi connectivity index (χ0n) is 21.3. The average Bonchev–Trinajstić information content (AvgIpc) is 3.03. The van der Waals surface area contributed by atoms with E-state index in [4.69, 9.17) is 8.74 Å². The number of hydrogen-bond donors (Lipinski definition) is 2. The molecule has 4 rings (SSSR count). The van der Waals surface area contributed by atoms with E-state index in [1.54, 1.807) is 0 Å². The largest absolute Gasteiger partial charge is 0.397 e. The molecular weight excluding hydrogens is 436 g/mol. The van der Waals surface area contributed by atoms with Gasteiger partial charge >= 0.3 is 10.4 Å². The van der Waals surface area contributed by atoms with Gasteiger partial charge in [-0.15, -0.1) is 0 Å². The number of rotatable bonds is 7. The Morgan fingerprint density at radius 1 is 1.15 bits per heavy atom. The van der Waals surface area contributed by atoms with Crippen molar-refractivity contribution in [1.29, 1.82) is 0 Å². The van der Waals surface area contributed by atoms with Crippen molar-refractivity contribution in [2.45, 2.75) is 117 Å². The summed E-state index contributed by atoms with van der Waals surface area (Å²) in [5, 5.41) is 10.1. The van der Waals surface area contributed by atoms with E-state index in [9.17, 15) is 13.5 Å². The van der Waals surface area contributed by atoms with Crippen LogP contribution in [0.5, 0.6) is 0 Å². The third kappa shape index (κ3) is 5.10. The van der Waals surface area contributed by atoms with Crippen LogP contribution in [0.25, 0.3) is 0 Å². The fourth-order valence-electron chi connectivity index (χ4n) is 8.91. The summed E-state index contributed by atoms with van der Waals surface area (Å²) < 4.78 is 36.5. The molecule has 3 unspecified atom stereocenters. The maximum atomic E-state index is 11.2. The van der Waals surface area contributed by atoms with E-state index in [-0.39, 0.29) is 5.41 Å². The van der Waals surface area contributed by atoms with Crippen molar-refractivity contribution in [2.75, 3.05) is 0 Å². The quantitative estimate of drug-likeness (QED) is 0.327. The smallest absolute Gasteiger partial charge is 0.390 e. The molecule has 4 aliphatic rings. The fraction of sp³-hybridized carbons (Fsp3) is 0.926. The SMILES string of the molecule is C[C@H](CCCC(C)(C)O)C1CCC2[C@@H]3CC=C4C[C@@H](OS(=O)(=O)O)CC[C@]4(C)C3CC[C@@]21C. The standard InChI is InChI=1S/C27H46O5S/c1-18(7-6-14-25(2,3)28)22-10-11-23-21-9-8-19-17-20(32-33(29,30)31)12-15-26(19,4)24(21)13-16-27(22,23)5/h8,18,20-24,28H,6-7,9-17H2,1-5H3,(H,29,30,31)/t18-,20+,21+,22?,23?,24?,26+,27-/m1/s1. The van der Waals surface area contributed by atoms with Crippen molar-refractivity contribution < 1.29 is 22.3 Å². The minimum Gasteiger partial charge on any atom is -0.390 e. The minimum atomic E-state index is -4.40. The average molecular weight is 483 g/mol. The molecule has 0 radical (unpaired) electrons. The lowest BCUT2D eigenvalue weighted by molar-refractivity contribution is -0.0563. The van der Waals surface area contributed by atoms with E-state index < -0.39 is 22.1 Å². The molecule has 0 aromatic rings. The van der Waals surface area contributed by atoms with Crippen LogP contribution in [0.3, 0.4) is 0 Å². The van der Waals surface area contributed by atoms with E-state index in [0.29, 0.717) is 30.1 Å². The Balaban J connectivity index is 1.46. The summed E-state index contributed by atoms with van der Waals surface area (Å²) in [6.45, 7) is 11.3. The zero-order chi connectivity index (χ0) is 24.2. The van der Waals surface area contributed by atoms with Gasteiger partial charge in [0.15, 0.2) is 0 Å². The summed E-state index contributed by atoms with van der Waals surface area (Å²) in [6, 6.07) is 0. The Kier molecular flexibility index (Phi) is 6.92. The van der Waals surface area contributed by atoms with Crippen molar-refractivity contribution in [3.05, 3.63) is 11.6 Å². The second kappa shape index (κ2) is 8.90. The molecule has 6 heteroatoms. The predicted octanol–water partition coefficient (Wildman–Crippen LogP) is 6.33. The van der Waals surface area contributed by atoms with Crippen LogP contribution in [0, 0.1) is 40.4 Å². The molecule has 2 N–H and O–H groups in total. The first-order valence-corrected chi connectivity index (χ1v) is 14.7. The van der Waals surface area contributed by atoms with Crippen molar-refractivity contribution in [3.8, 4) is 0 Å². The van der Waals surface area contributed by atoms with Crippen molar-refractivity contribution in [2.24, 2.45) is 40.4 Å². The molecule has 0 saturated heterocycles. The molecule has 0 bridgehead atoms. The predicted molar refractivity (Wildman–Crippen MR) is 131 cm³/mol. The number of fused-ring (bicyclic) bond motifs is 5. The highest BCUT2D eigenvalue weighted by molar-refractivity contribution is 7.80. The van der Waals surface area contributed by atoms with Crippen molar-refractivity contribution in [3.63, 3.8) is 0 Å². The molecular formula is C27H46O5S. The first-order chi connectivity index (χ1) is 15.2. The third-order valence-corrected chi connectivity index (χ3v) is 11.0. The van der Waals surface area contributed by atoms with Crippen LogP contribution in [0.4, 0.5) is 0 Å². The first kappa shape index (κ1) is 25.7.